The molecule has 1 aromatic carbocycles. The Kier molecular flexibility index (Phi) is 12.7. The number of hydrogen-bond acceptors (Lipinski definition) is 7. The summed E-state index contributed by atoms with van der Waals surface area (Å²) < 4.78 is 11.5. The molecule has 214 valence electrons. The molecule has 0 fully saturated rings. The van der Waals surface area contributed by atoms with Gasteiger partial charge in [-0.15, -0.1) is 0 Å². The van der Waals surface area contributed by atoms with Gasteiger partial charge in [-0.1, -0.05) is 37.6 Å². The Balaban J connectivity index is 1.69. The summed E-state index contributed by atoms with van der Waals surface area (Å²) in [6, 6.07) is 11.0. The summed E-state index contributed by atoms with van der Waals surface area (Å²) in [6.45, 7) is 8.73. The van der Waals surface area contributed by atoms with Crippen molar-refractivity contribution in [3.8, 4) is 5.75 Å². The molecule has 0 saturated heterocycles. The molecular weight excluding hydrogens is 500 g/mol. The Labute approximate surface area is 230 Å². The average Bonchev–Trinajstić information content (AvgIpc) is 2.88. The Morgan fingerprint density at radius 1 is 1.05 bits per heavy atom. The number of nitrogens with zero attached hydrogens (tertiary/aromatic N) is 1. The number of rotatable bonds is 17. The van der Waals surface area contributed by atoms with Gasteiger partial charge in [0.25, 0.3) is 0 Å². The summed E-state index contributed by atoms with van der Waals surface area (Å²) in [7, 11) is 0. The fourth-order valence-electron chi connectivity index (χ4n) is 3.80. The topological polar surface area (TPSA) is 153 Å². The van der Waals surface area contributed by atoms with Crippen molar-refractivity contribution < 1.29 is 29.0 Å². The molecule has 0 aliphatic rings. The number of unbranched alkanes of at least 4 members (excludes halogenated alkanes) is 1. The van der Waals surface area contributed by atoms with Crippen molar-refractivity contribution in [2.45, 2.75) is 59.4 Å². The molecule has 2 rings (SSSR count). The first kappa shape index (κ1) is 31.6. The number of pyridine rings is 1. The number of aliphatic carboxylic acids is 1. The molecule has 0 unspecified atom stereocenters. The van der Waals surface area contributed by atoms with E-state index in [0.29, 0.717) is 31.2 Å². The van der Waals surface area contributed by atoms with E-state index in [-0.39, 0.29) is 37.3 Å². The van der Waals surface area contributed by atoms with E-state index in [2.05, 4.69) is 15.6 Å². The normalized spacial score (nSPS) is 13.4. The zero-order valence-electron chi connectivity index (χ0n) is 23.4. The molecular formula is C29H42N4O6. The molecule has 5 N–H and O–H groups in total. The molecule has 0 bridgehead atoms. The van der Waals surface area contributed by atoms with Crippen molar-refractivity contribution >= 4 is 23.6 Å². The van der Waals surface area contributed by atoms with Crippen LogP contribution in [0.3, 0.4) is 0 Å². The van der Waals surface area contributed by atoms with Crippen molar-refractivity contribution in [3.63, 3.8) is 0 Å². The number of carboxylic acid groups (broad SMARTS) is 1. The summed E-state index contributed by atoms with van der Waals surface area (Å²) >= 11 is 0. The Morgan fingerprint density at radius 3 is 2.36 bits per heavy atom. The van der Waals surface area contributed by atoms with Crippen molar-refractivity contribution in [2.75, 3.05) is 32.1 Å². The van der Waals surface area contributed by atoms with Crippen LogP contribution in [0.2, 0.25) is 0 Å². The number of carbonyl (C=O) groups excluding carboxylic acids is 2. The number of anilines is 1. The van der Waals surface area contributed by atoms with Gasteiger partial charge in [-0.05, 0) is 62.8 Å². The first-order valence-electron chi connectivity index (χ1n) is 13.3. The highest BCUT2D eigenvalue weighted by atomic mass is 16.5. The average molecular weight is 543 g/mol. The number of nitrogens with two attached hydrogens (primary N) is 1. The highest BCUT2D eigenvalue weighted by Crippen LogP contribution is 2.27. The molecule has 2 atom stereocenters. The first-order valence-corrected chi connectivity index (χ1v) is 13.3. The number of ether oxygens (including phenoxy) is 2. The van der Waals surface area contributed by atoms with Gasteiger partial charge in [-0.25, -0.2) is 4.98 Å². The zero-order chi connectivity index (χ0) is 28.8. The number of amides is 2. The number of carbonyl (C=O) groups is 3. The predicted molar refractivity (Wildman–Crippen MR) is 149 cm³/mol. The number of benzene rings is 1. The summed E-state index contributed by atoms with van der Waals surface area (Å²) in [5.74, 6) is -0.701. The second kappa shape index (κ2) is 15.7. The smallest absolute Gasteiger partial charge is 0.310 e. The van der Waals surface area contributed by atoms with Gasteiger partial charge in [0.15, 0.2) is 0 Å². The lowest BCUT2D eigenvalue weighted by Gasteiger charge is -2.25. The number of aromatic nitrogens is 1. The molecule has 1 aromatic heterocycles. The number of nitrogens with one attached hydrogen (secondary N) is 2. The molecule has 0 aliphatic heterocycles. The largest absolute Gasteiger partial charge is 0.494 e. The fourth-order valence-corrected chi connectivity index (χ4v) is 3.80. The maximum absolute atomic E-state index is 12.5. The summed E-state index contributed by atoms with van der Waals surface area (Å²) in [5.41, 5.74) is 6.06. The van der Waals surface area contributed by atoms with E-state index in [9.17, 15) is 19.5 Å². The monoisotopic (exact) mass is 542 g/mol. The Morgan fingerprint density at radius 2 is 1.74 bits per heavy atom. The van der Waals surface area contributed by atoms with Gasteiger partial charge in [-0.2, -0.15) is 0 Å². The molecule has 10 nitrogen and oxygen atoms in total. The second-order valence-corrected chi connectivity index (χ2v) is 10.4. The lowest BCUT2D eigenvalue weighted by molar-refractivity contribution is -0.150. The zero-order valence-corrected chi connectivity index (χ0v) is 23.4. The number of aryl methyl sites for hydroxylation is 1. The highest BCUT2D eigenvalue weighted by molar-refractivity contribution is 5.88. The van der Waals surface area contributed by atoms with Crippen molar-refractivity contribution in [1.82, 2.24) is 15.6 Å². The van der Waals surface area contributed by atoms with Gasteiger partial charge in [-0.3, -0.25) is 14.4 Å². The minimum absolute atomic E-state index is 0.0973. The van der Waals surface area contributed by atoms with Crippen LogP contribution in [0.25, 0.3) is 0 Å². The van der Waals surface area contributed by atoms with Gasteiger partial charge in [0.05, 0.1) is 31.2 Å². The fraction of sp³-hybridized carbons (Fsp3) is 0.517. The summed E-state index contributed by atoms with van der Waals surface area (Å²) in [4.78, 5) is 40.9. The lowest BCUT2D eigenvalue weighted by Crippen LogP contribution is -2.47. The molecule has 0 aliphatic carbocycles. The molecule has 1 heterocycles. The van der Waals surface area contributed by atoms with Gasteiger partial charge in [0.1, 0.15) is 11.6 Å². The van der Waals surface area contributed by atoms with Crippen LogP contribution in [0.4, 0.5) is 5.82 Å². The second-order valence-electron chi connectivity index (χ2n) is 10.4. The standard InChI is InChI=1S/C29H42N4O6/c1-20(2)24(19-38-13-5-6-14-39-23-10-7-21(3)8-11-23)33-27(35)18-32-26(34)16-29(4,28(36)37)15-22-9-12-25(30)31-17-22/h7-12,17,20,24H,5-6,13-16,18-19H2,1-4H3,(H2,30,31)(H,32,34)(H,33,35)(H,36,37)/t24-,29-/m1/s1. The Bertz CT molecular complexity index is 1060. The van der Waals surface area contributed by atoms with Crippen LogP contribution in [0.1, 0.15) is 51.2 Å². The van der Waals surface area contributed by atoms with Crippen LogP contribution in [0, 0.1) is 18.3 Å². The minimum atomic E-state index is -1.36. The quantitative estimate of drug-likeness (QED) is 0.222. The third kappa shape index (κ3) is 11.7. The first-order chi connectivity index (χ1) is 18.5. The molecule has 2 amide bonds. The molecule has 10 heteroatoms. The molecule has 0 saturated carbocycles. The van der Waals surface area contributed by atoms with Crippen molar-refractivity contribution in [1.29, 1.82) is 0 Å². The third-order valence-corrected chi connectivity index (χ3v) is 6.38. The number of nitrogen functional groups attached to an aromatic ring is 1. The van der Waals surface area contributed by atoms with Gasteiger partial charge in [0.2, 0.25) is 11.8 Å². The SMILES string of the molecule is Cc1ccc(OCCCCOC[C@@H](NC(=O)CNC(=O)C[C@@](C)(Cc2ccc(N)nc2)C(=O)O)C(C)C)cc1. The van der Waals surface area contributed by atoms with Crippen LogP contribution < -0.4 is 21.1 Å². The van der Waals surface area contributed by atoms with E-state index in [0.717, 1.165) is 18.6 Å². The maximum Gasteiger partial charge on any atom is 0.310 e. The van der Waals surface area contributed by atoms with Gasteiger partial charge in [0, 0.05) is 19.2 Å². The van der Waals surface area contributed by atoms with E-state index < -0.39 is 17.3 Å². The third-order valence-electron chi connectivity index (χ3n) is 6.38. The van der Waals surface area contributed by atoms with Gasteiger partial charge < -0.3 is 30.9 Å². The summed E-state index contributed by atoms with van der Waals surface area (Å²) in [6.07, 6.45) is 2.98. The molecule has 39 heavy (non-hydrogen) atoms. The van der Waals surface area contributed by atoms with Crippen molar-refractivity contribution in [2.24, 2.45) is 11.3 Å². The van der Waals surface area contributed by atoms with E-state index in [1.807, 2.05) is 45.0 Å². The van der Waals surface area contributed by atoms with E-state index in [1.165, 1.54) is 18.7 Å². The molecule has 0 spiro atoms. The van der Waals surface area contributed by atoms with Crippen LogP contribution >= 0.6 is 0 Å². The van der Waals surface area contributed by atoms with E-state index >= 15 is 0 Å². The highest BCUT2D eigenvalue weighted by Gasteiger charge is 2.36. The number of carboxylic acids is 1. The Hall–Kier alpha value is -3.66. The van der Waals surface area contributed by atoms with Crippen LogP contribution in [0.5, 0.6) is 5.75 Å². The maximum atomic E-state index is 12.5. The molecule has 2 aromatic rings. The molecule has 0 radical (unpaired) electrons. The van der Waals surface area contributed by atoms with Gasteiger partial charge >= 0.3 is 5.97 Å². The predicted octanol–water partition coefficient (Wildman–Crippen LogP) is 3.13. The number of hydrogen-bond donors (Lipinski definition) is 4. The minimum Gasteiger partial charge on any atom is -0.494 e. The van der Waals surface area contributed by atoms with Crippen molar-refractivity contribution in [3.05, 3.63) is 53.7 Å². The lowest BCUT2D eigenvalue weighted by atomic mass is 9.80. The van der Waals surface area contributed by atoms with E-state index in [4.69, 9.17) is 15.2 Å². The summed E-state index contributed by atoms with van der Waals surface area (Å²) in [5, 5.41) is 15.2. The van der Waals surface area contributed by atoms with Crippen LogP contribution in [0.15, 0.2) is 42.6 Å². The van der Waals surface area contributed by atoms with E-state index in [1.54, 1.807) is 12.1 Å². The van der Waals surface area contributed by atoms with Crippen LogP contribution in [-0.4, -0.2) is 60.3 Å². The van der Waals surface area contributed by atoms with Crippen LogP contribution in [-0.2, 0) is 25.5 Å².